The Morgan fingerprint density at radius 2 is 1.65 bits per heavy atom. The Balaban J connectivity index is 2.33. The van der Waals surface area contributed by atoms with Crippen LogP contribution in [0.15, 0.2) is 42.5 Å². The second-order valence-electron chi connectivity index (χ2n) is 6.00. The summed E-state index contributed by atoms with van der Waals surface area (Å²) in [4.78, 5) is 23.1. The number of carbonyl (C=O) groups excluding carboxylic acids is 1. The topological polar surface area (TPSA) is 78.7 Å². The van der Waals surface area contributed by atoms with Crippen LogP contribution in [0.2, 0.25) is 0 Å². The third-order valence-corrected chi connectivity index (χ3v) is 4.01. The Bertz CT molecular complexity index is 838. The molecular weight excluding hydrogens is 334 g/mol. The van der Waals surface area contributed by atoms with Gasteiger partial charge >= 0.3 is 0 Å². The summed E-state index contributed by atoms with van der Waals surface area (Å²) in [5.74, 6) is 0.756. The van der Waals surface area contributed by atoms with Gasteiger partial charge in [-0.15, -0.1) is 0 Å². The molecular formula is C20H21NO5. The molecule has 0 aliphatic carbocycles. The Kier molecular flexibility index (Phi) is 6.11. The van der Waals surface area contributed by atoms with Crippen LogP contribution in [0, 0.1) is 10.1 Å². The van der Waals surface area contributed by atoms with Gasteiger partial charge in [-0.3, -0.25) is 14.9 Å². The summed E-state index contributed by atoms with van der Waals surface area (Å²) >= 11 is 0. The minimum absolute atomic E-state index is 0.165. The number of nitro benzene ring substituents is 1. The Hall–Kier alpha value is -3.15. The van der Waals surface area contributed by atoms with E-state index in [1.807, 2.05) is 12.1 Å². The quantitative estimate of drug-likeness (QED) is 0.313. The van der Waals surface area contributed by atoms with Gasteiger partial charge in [-0.25, -0.2) is 0 Å². The standard InChI is InChI=1S/C20H21NO5/c1-13(2)14-5-7-15(8-6-14)18(22)10-9-16-11-19(25-3)20(26-4)12-17(16)21(23)24/h5-13H,1-4H3/b10-9+. The van der Waals surface area contributed by atoms with Crippen molar-refractivity contribution in [1.29, 1.82) is 0 Å². The minimum Gasteiger partial charge on any atom is -0.493 e. The number of nitrogens with zero attached hydrogens (tertiary/aromatic N) is 1. The van der Waals surface area contributed by atoms with Gasteiger partial charge in [0, 0.05) is 5.56 Å². The predicted molar refractivity (Wildman–Crippen MR) is 100 cm³/mol. The van der Waals surface area contributed by atoms with E-state index in [9.17, 15) is 14.9 Å². The number of benzene rings is 2. The molecule has 0 saturated heterocycles. The normalized spacial score (nSPS) is 11.0. The highest BCUT2D eigenvalue weighted by Crippen LogP contribution is 2.35. The van der Waals surface area contributed by atoms with Crippen LogP contribution >= 0.6 is 0 Å². The van der Waals surface area contributed by atoms with Crippen molar-refractivity contribution in [3.8, 4) is 11.5 Å². The molecule has 6 heteroatoms. The zero-order valence-corrected chi connectivity index (χ0v) is 15.2. The molecule has 0 N–H and O–H groups in total. The van der Waals surface area contributed by atoms with Crippen molar-refractivity contribution >= 4 is 17.5 Å². The Morgan fingerprint density at radius 1 is 1.08 bits per heavy atom. The predicted octanol–water partition coefficient (Wildman–Crippen LogP) is 4.63. The number of hydrogen-bond acceptors (Lipinski definition) is 5. The molecule has 0 unspecified atom stereocenters. The lowest BCUT2D eigenvalue weighted by Gasteiger charge is -2.08. The Morgan fingerprint density at radius 3 is 2.15 bits per heavy atom. The molecule has 0 aliphatic rings. The van der Waals surface area contributed by atoms with E-state index < -0.39 is 4.92 Å². The maximum atomic E-state index is 12.3. The first-order chi connectivity index (χ1) is 12.4. The van der Waals surface area contributed by atoms with Crippen LogP contribution in [0.3, 0.4) is 0 Å². The van der Waals surface area contributed by atoms with Gasteiger partial charge in [0.05, 0.1) is 30.8 Å². The fourth-order valence-corrected chi connectivity index (χ4v) is 2.47. The summed E-state index contributed by atoms with van der Waals surface area (Å²) in [7, 11) is 2.85. The first-order valence-corrected chi connectivity index (χ1v) is 8.10. The van der Waals surface area contributed by atoms with Crippen molar-refractivity contribution in [3.63, 3.8) is 0 Å². The largest absolute Gasteiger partial charge is 0.493 e. The number of ether oxygens (including phenoxy) is 2. The lowest BCUT2D eigenvalue weighted by atomic mass is 10.00. The number of ketones is 1. The van der Waals surface area contributed by atoms with Crippen LogP contribution in [-0.2, 0) is 0 Å². The monoisotopic (exact) mass is 355 g/mol. The summed E-state index contributed by atoms with van der Waals surface area (Å²) in [6.07, 6.45) is 2.73. The highest BCUT2D eigenvalue weighted by atomic mass is 16.6. The molecule has 0 bridgehead atoms. The number of allylic oxidation sites excluding steroid dienone is 1. The first-order valence-electron chi connectivity index (χ1n) is 8.10. The zero-order valence-electron chi connectivity index (χ0n) is 15.2. The van der Waals surface area contributed by atoms with Crippen molar-refractivity contribution in [2.24, 2.45) is 0 Å². The van der Waals surface area contributed by atoms with Gasteiger partial charge in [-0.2, -0.15) is 0 Å². The molecule has 2 rings (SSSR count). The van der Waals surface area contributed by atoms with E-state index in [1.165, 1.54) is 38.5 Å². The van der Waals surface area contributed by atoms with Crippen LogP contribution in [0.4, 0.5) is 5.69 Å². The van der Waals surface area contributed by atoms with Gasteiger partial charge in [0.25, 0.3) is 5.69 Å². The molecule has 0 aliphatic heterocycles. The van der Waals surface area contributed by atoms with E-state index in [1.54, 1.807) is 12.1 Å². The maximum absolute atomic E-state index is 12.3. The molecule has 0 atom stereocenters. The van der Waals surface area contributed by atoms with Gasteiger partial charge in [-0.05, 0) is 29.7 Å². The SMILES string of the molecule is COc1cc(/C=C/C(=O)c2ccc(C(C)C)cc2)c([N+](=O)[O-])cc1OC. The van der Waals surface area contributed by atoms with E-state index in [0.717, 1.165) is 5.56 Å². The van der Waals surface area contributed by atoms with Crippen LogP contribution in [0.5, 0.6) is 11.5 Å². The zero-order chi connectivity index (χ0) is 19.3. The second-order valence-corrected chi connectivity index (χ2v) is 6.00. The number of rotatable bonds is 7. The van der Waals surface area contributed by atoms with Gasteiger partial charge in [0.2, 0.25) is 0 Å². The number of nitro groups is 1. The molecule has 0 heterocycles. The van der Waals surface area contributed by atoms with E-state index >= 15 is 0 Å². The Labute approximate surface area is 152 Å². The third kappa shape index (κ3) is 4.27. The van der Waals surface area contributed by atoms with E-state index in [4.69, 9.17) is 9.47 Å². The first kappa shape index (κ1) is 19.2. The second kappa shape index (κ2) is 8.29. The summed E-state index contributed by atoms with van der Waals surface area (Å²) < 4.78 is 10.3. The van der Waals surface area contributed by atoms with Gasteiger partial charge in [-0.1, -0.05) is 38.1 Å². The molecule has 0 aromatic heterocycles. The van der Waals surface area contributed by atoms with Crippen molar-refractivity contribution < 1.29 is 19.2 Å². The lowest BCUT2D eigenvalue weighted by Crippen LogP contribution is -1.98. The van der Waals surface area contributed by atoms with Crippen LogP contribution in [0.25, 0.3) is 6.08 Å². The highest BCUT2D eigenvalue weighted by molar-refractivity contribution is 6.07. The van der Waals surface area contributed by atoms with Crippen molar-refractivity contribution in [1.82, 2.24) is 0 Å². The van der Waals surface area contributed by atoms with E-state index in [-0.39, 0.29) is 22.8 Å². The van der Waals surface area contributed by atoms with Crippen molar-refractivity contribution in [3.05, 3.63) is 69.3 Å². The molecule has 136 valence electrons. The molecule has 0 amide bonds. The van der Waals surface area contributed by atoms with Gasteiger partial charge in [0.1, 0.15) is 0 Å². The third-order valence-electron chi connectivity index (χ3n) is 4.01. The van der Waals surface area contributed by atoms with Crippen LogP contribution in [0.1, 0.15) is 41.3 Å². The van der Waals surface area contributed by atoms with E-state index in [0.29, 0.717) is 17.2 Å². The van der Waals surface area contributed by atoms with Crippen molar-refractivity contribution in [2.45, 2.75) is 19.8 Å². The fourth-order valence-electron chi connectivity index (χ4n) is 2.47. The number of hydrogen-bond donors (Lipinski definition) is 0. The lowest BCUT2D eigenvalue weighted by molar-refractivity contribution is -0.385. The summed E-state index contributed by atoms with van der Waals surface area (Å²) in [6, 6.07) is 10.1. The summed E-state index contributed by atoms with van der Waals surface area (Å²) in [6.45, 7) is 4.15. The smallest absolute Gasteiger partial charge is 0.280 e. The van der Waals surface area contributed by atoms with Gasteiger partial charge in [0.15, 0.2) is 17.3 Å². The molecule has 0 spiro atoms. The number of carbonyl (C=O) groups is 1. The summed E-state index contributed by atoms with van der Waals surface area (Å²) in [5.41, 5.74) is 1.76. The average Bonchev–Trinajstić information content (AvgIpc) is 2.65. The van der Waals surface area contributed by atoms with Crippen LogP contribution < -0.4 is 9.47 Å². The molecule has 0 saturated carbocycles. The van der Waals surface area contributed by atoms with Crippen molar-refractivity contribution in [2.75, 3.05) is 14.2 Å². The molecule has 0 radical (unpaired) electrons. The summed E-state index contributed by atoms with van der Waals surface area (Å²) in [5, 5.41) is 11.3. The average molecular weight is 355 g/mol. The highest BCUT2D eigenvalue weighted by Gasteiger charge is 2.18. The molecule has 26 heavy (non-hydrogen) atoms. The van der Waals surface area contributed by atoms with Gasteiger partial charge < -0.3 is 9.47 Å². The molecule has 2 aromatic carbocycles. The van der Waals surface area contributed by atoms with E-state index in [2.05, 4.69) is 13.8 Å². The fraction of sp³-hybridized carbons (Fsp3) is 0.250. The number of methoxy groups -OCH3 is 2. The van der Waals surface area contributed by atoms with Crippen LogP contribution in [-0.4, -0.2) is 24.9 Å². The maximum Gasteiger partial charge on any atom is 0.280 e. The molecule has 0 fully saturated rings. The minimum atomic E-state index is -0.524. The molecule has 6 nitrogen and oxygen atoms in total. The molecule has 2 aromatic rings.